The Bertz CT molecular complexity index is 724. The van der Waals surface area contributed by atoms with Gasteiger partial charge < -0.3 is 19.3 Å². The quantitative estimate of drug-likeness (QED) is 0.208. The van der Waals surface area contributed by atoms with E-state index in [2.05, 4.69) is 11.9 Å². The third-order valence-electron chi connectivity index (χ3n) is 6.68. The molecule has 1 aromatic heterocycles. The first kappa shape index (κ1) is 29.8. The molecule has 2 rings (SSSR count). The zero-order valence-corrected chi connectivity index (χ0v) is 22.5. The highest BCUT2D eigenvalue weighted by molar-refractivity contribution is 5.00. The van der Waals surface area contributed by atoms with Crippen LogP contribution in [0, 0.1) is 0 Å². The minimum atomic E-state index is -0.518. The van der Waals surface area contributed by atoms with E-state index in [0.717, 1.165) is 6.42 Å². The minimum absolute atomic E-state index is 0.120. The molecule has 0 aromatic carbocycles. The summed E-state index contributed by atoms with van der Waals surface area (Å²) in [4.78, 5) is 15.1. The maximum absolute atomic E-state index is 11.4. The van der Waals surface area contributed by atoms with Crippen LogP contribution in [0.15, 0.2) is 17.1 Å². The number of aromatic nitrogens is 2. The molecule has 0 bridgehead atoms. The van der Waals surface area contributed by atoms with Gasteiger partial charge in [0.1, 0.15) is 6.10 Å². The van der Waals surface area contributed by atoms with E-state index >= 15 is 0 Å². The molecule has 0 radical (unpaired) electrons. The van der Waals surface area contributed by atoms with Gasteiger partial charge in [-0.15, -0.1) is 0 Å². The van der Waals surface area contributed by atoms with Crippen LogP contribution in [0.5, 0.6) is 6.01 Å². The largest absolute Gasteiger partial charge is 0.480 e. The molecule has 1 N–H and O–H groups in total. The number of nitrogens with zero attached hydrogens (tertiary/aromatic N) is 2. The summed E-state index contributed by atoms with van der Waals surface area (Å²) in [6.45, 7) is 7.39. The molecule has 0 aliphatic carbocycles. The van der Waals surface area contributed by atoms with Crippen LogP contribution in [0.3, 0.4) is 0 Å². The van der Waals surface area contributed by atoms with E-state index in [-0.39, 0.29) is 24.3 Å². The molecular formula is C28H50N2O5. The van der Waals surface area contributed by atoms with Gasteiger partial charge in [-0.25, -0.2) is 0 Å². The number of aromatic hydroxyl groups is 1. The third kappa shape index (κ3) is 12.4. The molecule has 3 atom stereocenters. The van der Waals surface area contributed by atoms with Gasteiger partial charge >= 0.3 is 0 Å². The van der Waals surface area contributed by atoms with Crippen LogP contribution in [0.1, 0.15) is 123 Å². The molecule has 0 spiro atoms. The van der Waals surface area contributed by atoms with Crippen molar-refractivity contribution in [2.24, 2.45) is 0 Å². The van der Waals surface area contributed by atoms with Crippen LogP contribution >= 0.6 is 0 Å². The van der Waals surface area contributed by atoms with E-state index in [9.17, 15) is 9.90 Å². The van der Waals surface area contributed by atoms with E-state index in [1.54, 1.807) is 0 Å². The molecule has 1 unspecified atom stereocenters. The maximum atomic E-state index is 11.4. The number of ether oxygens (including phenoxy) is 3. The molecule has 1 aliphatic rings. The molecule has 7 heteroatoms. The average Bonchev–Trinajstić information content (AvgIpc) is 3.23. The smallest absolute Gasteiger partial charge is 0.299 e. The molecule has 1 fully saturated rings. The Morgan fingerprint density at radius 2 is 1.57 bits per heavy atom. The van der Waals surface area contributed by atoms with Crippen molar-refractivity contribution in [2.45, 2.75) is 142 Å². The summed E-state index contributed by atoms with van der Waals surface area (Å²) in [5.41, 5.74) is -0.476. The van der Waals surface area contributed by atoms with Crippen molar-refractivity contribution in [3.8, 4) is 6.01 Å². The molecule has 7 nitrogen and oxygen atoms in total. The molecule has 2 heterocycles. The first-order valence-corrected chi connectivity index (χ1v) is 14.2. The number of rotatable bonds is 20. The van der Waals surface area contributed by atoms with Crippen LogP contribution in [0.25, 0.3) is 0 Å². The summed E-state index contributed by atoms with van der Waals surface area (Å²) in [6, 6.07) is 0.976. The first-order chi connectivity index (χ1) is 17.0. The van der Waals surface area contributed by atoms with E-state index in [4.69, 9.17) is 14.2 Å². The second-order valence-electron chi connectivity index (χ2n) is 10.2. The van der Waals surface area contributed by atoms with Crippen LogP contribution in [0.4, 0.5) is 0 Å². The van der Waals surface area contributed by atoms with E-state index in [0.29, 0.717) is 19.6 Å². The Hall–Kier alpha value is -1.44. The lowest BCUT2D eigenvalue weighted by Crippen LogP contribution is -2.25. The highest BCUT2D eigenvalue weighted by Gasteiger charge is 2.38. The lowest BCUT2D eigenvalue weighted by molar-refractivity contribution is -0.0857. The van der Waals surface area contributed by atoms with Gasteiger partial charge in [-0.3, -0.25) is 9.36 Å². The second-order valence-corrected chi connectivity index (χ2v) is 10.2. The summed E-state index contributed by atoms with van der Waals surface area (Å²) in [7, 11) is 0. The van der Waals surface area contributed by atoms with Gasteiger partial charge in [0.2, 0.25) is 0 Å². The van der Waals surface area contributed by atoms with Gasteiger partial charge in [0, 0.05) is 25.3 Å². The lowest BCUT2D eigenvalue weighted by Gasteiger charge is -2.22. The Morgan fingerprint density at radius 3 is 2.11 bits per heavy atom. The first-order valence-electron chi connectivity index (χ1n) is 14.2. The summed E-state index contributed by atoms with van der Waals surface area (Å²) in [5, 5.41) is 10.2. The Morgan fingerprint density at radius 1 is 1.00 bits per heavy atom. The lowest BCUT2D eigenvalue weighted by atomic mass is 10.0. The van der Waals surface area contributed by atoms with Crippen molar-refractivity contribution in [1.29, 1.82) is 0 Å². The van der Waals surface area contributed by atoms with E-state index in [1.165, 1.54) is 100 Å². The third-order valence-corrected chi connectivity index (χ3v) is 6.68. The SMILES string of the molecule is CCCCCCCCCCCCCCCCOC1C[C@@H](COC(C)C)O[C@H]1n1ccc(=O)nc1O. The fourth-order valence-electron chi connectivity index (χ4n) is 4.65. The van der Waals surface area contributed by atoms with Gasteiger partial charge in [-0.1, -0.05) is 90.4 Å². The van der Waals surface area contributed by atoms with Crippen LogP contribution < -0.4 is 5.56 Å². The van der Waals surface area contributed by atoms with Crippen molar-refractivity contribution in [3.63, 3.8) is 0 Å². The van der Waals surface area contributed by atoms with Crippen molar-refractivity contribution < 1.29 is 19.3 Å². The van der Waals surface area contributed by atoms with Crippen LogP contribution in [-0.4, -0.2) is 46.2 Å². The molecule has 1 aromatic rings. The van der Waals surface area contributed by atoms with Crippen molar-refractivity contribution in [2.75, 3.05) is 13.2 Å². The number of unbranched alkanes of at least 4 members (excludes halogenated alkanes) is 13. The van der Waals surface area contributed by atoms with E-state index in [1.807, 2.05) is 13.8 Å². The van der Waals surface area contributed by atoms with Gasteiger partial charge in [-0.2, -0.15) is 4.98 Å². The standard InChI is InChI=1S/C28H50N2O5/c1-4-5-6-7-8-9-10-11-12-13-14-15-16-17-20-33-25-21-24(22-34-23(2)3)35-27(25)30-19-18-26(31)29-28(30)32/h18-19,23-25,27H,4-17,20-22H2,1-3H3,(H,29,31,32)/t24-,25?,27+/m0/s1. The van der Waals surface area contributed by atoms with Gasteiger partial charge in [0.25, 0.3) is 11.6 Å². The molecule has 1 aliphatic heterocycles. The number of hydrogen-bond donors (Lipinski definition) is 1. The van der Waals surface area contributed by atoms with Crippen molar-refractivity contribution in [1.82, 2.24) is 9.55 Å². The van der Waals surface area contributed by atoms with Crippen LogP contribution in [0.2, 0.25) is 0 Å². The molecule has 35 heavy (non-hydrogen) atoms. The monoisotopic (exact) mass is 494 g/mol. The molecule has 202 valence electrons. The predicted molar refractivity (Wildman–Crippen MR) is 140 cm³/mol. The van der Waals surface area contributed by atoms with Gasteiger partial charge in [-0.05, 0) is 20.3 Å². The highest BCUT2D eigenvalue weighted by Crippen LogP contribution is 2.33. The Balaban J connectivity index is 1.59. The van der Waals surface area contributed by atoms with Crippen molar-refractivity contribution >= 4 is 0 Å². The topological polar surface area (TPSA) is 82.8 Å². The summed E-state index contributed by atoms with van der Waals surface area (Å²) >= 11 is 0. The molecule has 0 saturated carbocycles. The number of hydrogen-bond acceptors (Lipinski definition) is 6. The van der Waals surface area contributed by atoms with E-state index < -0.39 is 11.8 Å². The fourth-order valence-corrected chi connectivity index (χ4v) is 4.65. The minimum Gasteiger partial charge on any atom is -0.480 e. The summed E-state index contributed by atoms with van der Waals surface area (Å²) in [5.74, 6) is 0. The Kier molecular flexibility index (Phi) is 15.2. The summed E-state index contributed by atoms with van der Waals surface area (Å²) in [6.07, 6.45) is 20.1. The zero-order chi connectivity index (χ0) is 25.3. The average molecular weight is 495 g/mol. The van der Waals surface area contributed by atoms with Gasteiger partial charge in [0.15, 0.2) is 6.23 Å². The summed E-state index contributed by atoms with van der Waals surface area (Å²) < 4.78 is 19.5. The second kappa shape index (κ2) is 17.9. The molecule has 0 amide bonds. The molecule has 1 saturated heterocycles. The fraction of sp³-hybridized carbons (Fsp3) is 0.857. The highest BCUT2D eigenvalue weighted by atomic mass is 16.6. The normalized spacial score (nSPS) is 20.2. The zero-order valence-electron chi connectivity index (χ0n) is 22.5. The Labute approximate surface area is 212 Å². The van der Waals surface area contributed by atoms with Crippen LogP contribution in [-0.2, 0) is 14.2 Å². The maximum Gasteiger partial charge on any atom is 0.299 e. The predicted octanol–water partition coefficient (Wildman–Crippen LogP) is 6.53. The molecular weight excluding hydrogens is 444 g/mol. The van der Waals surface area contributed by atoms with Crippen molar-refractivity contribution in [3.05, 3.63) is 22.6 Å². The van der Waals surface area contributed by atoms with Gasteiger partial charge in [0.05, 0.1) is 18.8 Å².